The summed E-state index contributed by atoms with van der Waals surface area (Å²) in [5.74, 6) is 0.744. The van der Waals surface area contributed by atoms with E-state index in [1.165, 1.54) is 12.8 Å². The van der Waals surface area contributed by atoms with Crippen molar-refractivity contribution in [2.75, 3.05) is 19.6 Å². The molecule has 0 aromatic carbocycles. The van der Waals surface area contributed by atoms with Gasteiger partial charge in [-0.25, -0.2) is 0 Å². The molecule has 1 saturated heterocycles. The average Bonchev–Trinajstić information content (AvgIpc) is 2.77. The molecule has 1 fully saturated rings. The van der Waals surface area contributed by atoms with Crippen molar-refractivity contribution in [1.29, 1.82) is 0 Å². The maximum absolute atomic E-state index is 12.9. The Morgan fingerprint density at radius 1 is 1.35 bits per heavy atom. The number of amides is 1. The van der Waals surface area contributed by atoms with Crippen molar-refractivity contribution >= 4 is 5.91 Å². The maximum Gasteiger partial charge on any atom is 0.241 e. The van der Waals surface area contributed by atoms with Crippen molar-refractivity contribution in [2.45, 2.75) is 72.8 Å². The number of rotatable bonds is 6. The molecule has 0 aliphatic carbocycles. The van der Waals surface area contributed by atoms with Gasteiger partial charge in [-0.15, -0.1) is 0 Å². The van der Waals surface area contributed by atoms with Gasteiger partial charge in [0, 0.05) is 6.54 Å². The number of hydrogen-bond donors (Lipinski definition) is 1. The molecule has 0 aromatic heterocycles. The summed E-state index contributed by atoms with van der Waals surface area (Å²) in [5.41, 5.74) is -0.352. The van der Waals surface area contributed by atoms with E-state index in [1.807, 2.05) is 0 Å². The van der Waals surface area contributed by atoms with Gasteiger partial charge in [0.1, 0.15) is 5.54 Å². The zero-order chi connectivity index (χ0) is 15.4. The third kappa shape index (κ3) is 3.55. The van der Waals surface area contributed by atoms with E-state index in [2.05, 4.69) is 51.8 Å². The van der Waals surface area contributed by atoms with Gasteiger partial charge in [-0.05, 0) is 43.7 Å². The normalized spacial score (nSPS) is 24.4. The molecule has 1 aliphatic heterocycles. The molecule has 118 valence electrons. The van der Waals surface area contributed by atoms with Gasteiger partial charge >= 0.3 is 0 Å². The summed E-state index contributed by atoms with van der Waals surface area (Å²) in [6.45, 7) is 16.0. The fraction of sp³-hybridized carbons (Fsp3) is 0.941. The molecular weight excluding hydrogens is 248 g/mol. The summed E-state index contributed by atoms with van der Waals surface area (Å²) in [7, 11) is 0. The number of hydrogen-bond acceptors (Lipinski definition) is 2. The van der Waals surface area contributed by atoms with Crippen LogP contribution in [0.4, 0.5) is 0 Å². The lowest BCUT2D eigenvalue weighted by Gasteiger charge is -2.47. The predicted octanol–water partition coefficient (Wildman–Crippen LogP) is 3.44. The van der Waals surface area contributed by atoms with Gasteiger partial charge in [-0.1, -0.05) is 48.0 Å². The molecule has 3 nitrogen and oxygen atoms in total. The molecule has 0 aromatic rings. The molecule has 1 N–H and O–H groups in total. The smallest absolute Gasteiger partial charge is 0.241 e. The van der Waals surface area contributed by atoms with Gasteiger partial charge in [0.2, 0.25) is 5.91 Å². The Balaban J connectivity index is 2.94. The lowest BCUT2D eigenvalue weighted by molar-refractivity contribution is -0.139. The maximum atomic E-state index is 12.9. The predicted molar refractivity (Wildman–Crippen MR) is 85.7 cm³/mol. The molecule has 0 radical (unpaired) electrons. The molecule has 1 amide bonds. The summed E-state index contributed by atoms with van der Waals surface area (Å²) < 4.78 is 0. The van der Waals surface area contributed by atoms with Crippen LogP contribution < -0.4 is 5.32 Å². The second kappa shape index (κ2) is 6.93. The first-order valence-corrected chi connectivity index (χ1v) is 8.29. The number of nitrogens with zero attached hydrogens (tertiary/aromatic N) is 1. The molecule has 0 unspecified atom stereocenters. The second-order valence-electron chi connectivity index (χ2n) is 7.66. The van der Waals surface area contributed by atoms with E-state index in [0.29, 0.717) is 5.92 Å². The van der Waals surface area contributed by atoms with Gasteiger partial charge in [-0.3, -0.25) is 9.69 Å². The van der Waals surface area contributed by atoms with E-state index in [-0.39, 0.29) is 16.9 Å². The molecule has 0 spiro atoms. The highest BCUT2D eigenvalue weighted by atomic mass is 16.2. The average molecular weight is 282 g/mol. The van der Waals surface area contributed by atoms with Crippen molar-refractivity contribution in [3.63, 3.8) is 0 Å². The Hall–Kier alpha value is -0.570. The Labute approximate surface area is 125 Å². The number of nitrogens with one attached hydrogen (secondary N) is 1. The molecule has 1 aliphatic rings. The lowest BCUT2D eigenvalue weighted by atomic mass is 9.71. The van der Waals surface area contributed by atoms with Gasteiger partial charge in [0.15, 0.2) is 0 Å². The zero-order valence-electron chi connectivity index (χ0n) is 14.4. The van der Waals surface area contributed by atoms with Crippen molar-refractivity contribution in [2.24, 2.45) is 11.3 Å². The van der Waals surface area contributed by atoms with E-state index in [9.17, 15) is 4.79 Å². The van der Waals surface area contributed by atoms with Gasteiger partial charge < -0.3 is 5.32 Å². The summed E-state index contributed by atoms with van der Waals surface area (Å²) in [6, 6.07) is 0. The fourth-order valence-corrected chi connectivity index (χ4v) is 3.42. The fourth-order valence-electron chi connectivity index (χ4n) is 3.42. The molecule has 20 heavy (non-hydrogen) atoms. The monoisotopic (exact) mass is 282 g/mol. The lowest BCUT2D eigenvalue weighted by Crippen LogP contribution is -2.63. The van der Waals surface area contributed by atoms with Crippen LogP contribution in [0.15, 0.2) is 0 Å². The summed E-state index contributed by atoms with van der Waals surface area (Å²) in [4.78, 5) is 15.4. The van der Waals surface area contributed by atoms with E-state index in [1.54, 1.807) is 0 Å². The number of likely N-dealkylation sites (tertiary alicyclic amines) is 1. The van der Waals surface area contributed by atoms with Crippen LogP contribution in [-0.4, -0.2) is 36.0 Å². The first-order valence-electron chi connectivity index (χ1n) is 8.29. The van der Waals surface area contributed by atoms with Crippen LogP contribution >= 0.6 is 0 Å². The van der Waals surface area contributed by atoms with E-state index < -0.39 is 0 Å². The summed E-state index contributed by atoms with van der Waals surface area (Å²) >= 11 is 0. The van der Waals surface area contributed by atoms with Crippen LogP contribution in [0.1, 0.15) is 67.2 Å². The Bertz CT molecular complexity index is 319. The number of unbranched alkanes of at least 4 members (excludes halogenated alkanes) is 1. The highest BCUT2D eigenvalue weighted by Crippen LogP contribution is 2.44. The van der Waals surface area contributed by atoms with Crippen molar-refractivity contribution in [3.8, 4) is 0 Å². The van der Waals surface area contributed by atoms with E-state index in [0.717, 1.165) is 32.5 Å². The Kier molecular flexibility index (Phi) is 6.06. The highest BCUT2D eigenvalue weighted by molar-refractivity contribution is 5.87. The topological polar surface area (TPSA) is 32.3 Å². The van der Waals surface area contributed by atoms with Crippen molar-refractivity contribution < 1.29 is 4.79 Å². The van der Waals surface area contributed by atoms with Crippen molar-refractivity contribution in [3.05, 3.63) is 0 Å². The van der Waals surface area contributed by atoms with Crippen LogP contribution in [-0.2, 0) is 4.79 Å². The molecule has 1 atom stereocenters. The van der Waals surface area contributed by atoms with Crippen LogP contribution in [0.3, 0.4) is 0 Å². The Morgan fingerprint density at radius 2 is 2.00 bits per heavy atom. The van der Waals surface area contributed by atoms with Gasteiger partial charge in [-0.2, -0.15) is 0 Å². The van der Waals surface area contributed by atoms with Crippen LogP contribution in [0.5, 0.6) is 0 Å². The minimum Gasteiger partial charge on any atom is -0.354 e. The van der Waals surface area contributed by atoms with Crippen LogP contribution in [0.25, 0.3) is 0 Å². The van der Waals surface area contributed by atoms with E-state index in [4.69, 9.17) is 0 Å². The van der Waals surface area contributed by atoms with Crippen molar-refractivity contribution in [1.82, 2.24) is 10.2 Å². The quantitative estimate of drug-likeness (QED) is 0.809. The molecule has 0 bridgehead atoms. The molecule has 1 rings (SSSR count). The molecular formula is C17H34N2O. The van der Waals surface area contributed by atoms with Gasteiger partial charge in [0.25, 0.3) is 0 Å². The molecule has 3 heteroatoms. The third-order valence-corrected chi connectivity index (χ3v) is 4.58. The van der Waals surface area contributed by atoms with Gasteiger partial charge in [0.05, 0.1) is 0 Å². The first-order chi connectivity index (χ1) is 9.25. The SMILES string of the molecule is CCCCN1CCC[C@]1(C(=O)NCC(C)C)C(C)(C)C. The van der Waals surface area contributed by atoms with Crippen LogP contribution in [0.2, 0.25) is 0 Å². The Morgan fingerprint density at radius 3 is 2.50 bits per heavy atom. The van der Waals surface area contributed by atoms with Crippen LogP contribution in [0, 0.1) is 11.3 Å². The largest absolute Gasteiger partial charge is 0.354 e. The summed E-state index contributed by atoms with van der Waals surface area (Å²) in [6.07, 6.45) is 4.49. The molecule has 1 heterocycles. The minimum atomic E-state index is -0.322. The zero-order valence-corrected chi connectivity index (χ0v) is 14.4. The second-order valence-corrected chi connectivity index (χ2v) is 7.66. The highest BCUT2D eigenvalue weighted by Gasteiger charge is 2.54. The minimum absolute atomic E-state index is 0.0295. The number of carbonyl (C=O) groups is 1. The first kappa shape index (κ1) is 17.5. The molecule has 0 saturated carbocycles. The number of carbonyl (C=O) groups excluding carboxylic acids is 1. The van der Waals surface area contributed by atoms with E-state index >= 15 is 0 Å². The third-order valence-electron chi connectivity index (χ3n) is 4.58. The standard InChI is InChI=1S/C17H34N2O/c1-7-8-11-19-12-9-10-17(19,16(4,5)6)15(20)18-13-14(2)3/h14H,7-13H2,1-6H3,(H,18,20)/t17-/m0/s1. The summed E-state index contributed by atoms with van der Waals surface area (Å²) in [5, 5.41) is 3.20.